The van der Waals surface area contributed by atoms with Crippen LogP contribution in [0.25, 0.3) is 11.1 Å². The number of anilines is 1. The van der Waals surface area contributed by atoms with Crippen molar-refractivity contribution in [3.8, 4) is 16.9 Å². The number of methoxy groups -OCH3 is 1. The number of aliphatic hydroxyl groups excluding tert-OH is 1. The van der Waals surface area contributed by atoms with Crippen LogP contribution in [0.5, 0.6) is 5.75 Å². The van der Waals surface area contributed by atoms with Crippen molar-refractivity contribution in [3.63, 3.8) is 0 Å². The highest BCUT2D eigenvalue weighted by molar-refractivity contribution is 5.95. The lowest BCUT2D eigenvalue weighted by atomic mass is 9.51. The van der Waals surface area contributed by atoms with Crippen LogP contribution in [-0.4, -0.2) is 75.7 Å². The summed E-state index contributed by atoms with van der Waals surface area (Å²) >= 11 is 0. The second kappa shape index (κ2) is 13.3. The summed E-state index contributed by atoms with van der Waals surface area (Å²) in [5.41, 5.74) is 4.69. The molecule has 2 aromatic heterocycles. The fourth-order valence-electron chi connectivity index (χ4n) is 8.80. The molecule has 268 valence electrons. The molecule has 8 rings (SSSR count). The average Bonchev–Trinajstić information content (AvgIpc) is 3.62. The number of nitrogens with zero attached hydrogens (tertiary/aromatic N) is 5. The summed E-state index contributed by atoms with van der Waals surface area (Å²) in [7, 11) is 1.73. The van der Waals surface area contributed by atoms with E-state index in [4.69, 9.17) is 14.5 Å². The van der Waals surface area contributed by atoms with Gasteiger partial charge in [0.1, 0.15) is 17.7 Å². The lowest BCUT2D eigenvalue weighted by Crippen LogP contribution is -2.54. The molecule has 5 fully saturated rings. The van der Waals surface area contributed by atoms with E-state index in [9.17, 15) is 14.7 Å². The second-order valence-electron chi connectivity index (χ2n) is 16.6. The monoisotopic (exact) mass is 683 g/mol. The van der Waals surface area contributed by atoms with Crippen molar-refractivity contribution in [2.45, 2.75) is 115 Å². The number of amides is 2. The number of carbonyl (C=O) groups is 2. The van der Waals surface area contributed by atoms with Crippen molar-refractivity contribution in [2.24, 2.45) is 11.3 Å². The Hall–Kier alpha value is -3.92. The van der Waals surface area contributed by atoms with Gasteiger partial charge in [-0.15, -0.1) is 0 Å². The molecule has 0 atom stereocenters. The number of hydrogen-bond acceptors (Lipinski definition) is 7. The van der Waals surface area contributed by atoms with Crippen LogP contribution in [0.4, 0.5) is 10.6 Å². The predicted octanol–water partition coefficient (Wildman–Crippen LogP) is 7.01. The first kappa shape index (κ1) is 34.5. The molecule has 2 amide bonds. The molecule has 1 saturated heterocycles. The normalized spacial score (nSPS) is 26.7. The maximum Gasteiger partial charge on any atom is 0.410 e. The Labute approximate surface area is 296 Å². The minimum absolute atomic E-state index is 0.0439. The molecule has 0 unspecified atom stereocenters. The predicted molar refractivity (Wildman–Crippen MR) is 192 cm³/mol. The number of rotatable bonds is 8. The Morgan fingerprint density at radius 1 is 0.980 bits per heavy atom. The van der Waals surface area contributed by atoms with Crippen molar-refractivity contribution in [2.75, 3.05) is 31.6 Å². The summed E-state index contributed by atoms with van der Waals surface area (Å²) in [6.45, 7) is 9.83. The molecule has 10 heteroatoms. The zero-order valence-corrected chi connectivity index (χ0v) is 30.4. The van der Waals surface area contributed by atoms with Gasteiger partial charge in [0, 0.05) is 30.4 Å². The molecule has 0 radical (unpaired) electrons. The maximum absolute atomic E-state index is 14.7. The number of ether oxygens (including phenoxy) is 2. The van der Waals surface area contributed by atoms with E-state index in [1.54, 1.807) is 7.11 Å². The second-order valence-corrected chi connectivity index (χ2v) is 16.6. The molecule has 2 bridgehead atoms. The fraction of sp³-hybridized carbons (Fsp3) is 0.600. The lowest BCUT2D eigenvalue weighted by Gasteiger charge is -2.55. The van der Waals surface area contributed by atoms with Gasteiger partial charge in [0.15, 0.2) is 0 Å². The number of likely N-dealkylation sites (tertiary alicyclic amines) is 1. The van der Waals surface area contributed by atoms with Gasteiger partial charge in [-0.25, -0.2) is 9.78 Å². The van der Waals surface area contributed by atoms with E-state index in [1.165, 1.54) is 16.0 Å². The Morgan fingerprint density at radius 2 is 1.68 bits per heavy atom. The third-order valence-electron chi connectivity index (χ3n) is 12.2. The Morgan fingerprint density at radius 3 is 2.28 bits per heavy atom. The zero-order valence-electron chi connectivity index (χ0n) is 30.4. The minimum Gasteiger partial charge on any atom is -0.496 e. The van der Waals surface area contributed by atoms with Crippen LogP contribution in [0, 0.1) is 18.3 Å². The maximum atomic E-state index is 14.7. The van der Waals surface area contributed by atoms with Gasteiger partial charge in [0.05, 0.1) is 38.0 Å². The molecular weight excluding hydrogens is 630 g/mol. The van der Waals surface area contributed by atoms with Crippen LogP contribution in [0.2, 0.25) is 0 Å². The summed E-state index contributed by atoms with van der Waals surface area (Å²) in [5, 5.41) is 14.2. The summed E-state index contributed by atoms with van der Waals surface area (Å²) in [4.78, 5) is 35.5. The standard InChI is InChI=1S/C40H53N5O5/c1-27-20-31(8-11-34(27)49-5)40-16-13-39(14-17-40,15-18-40)26-44(35-21-29(12-19-41-35)30-22-42-45(23-30)38(2,3)4)36(47)28-6-9-33(10-7-28)50-37(48)43-24-32(46)25-43/h8,11-12,19-23,28,32-33,46H,6-7,9-10,13-18,24-26H2,1-5H3/t28-,33-,39?,40?. The van der Waals surface area contributed by atoms with Gasteiger partial charge in [-0.2, -0.15) is 5.10 Å². The molecule has 3 aromatic rings. The fourth-order valence-corrected chi connectivity index (χ4v) is 8.80. The van der Waals surface area contributed by atoms with Gasteiger partial charge >= 0.3 is 6.09 Å². The van der Waals surface area contributed by atoms with Crippen LogP contribution in [0.1, 0.15) is 96.1 Å². The largest absolute Gasteiger partial charge is 0.496 e. The number of carbonyl (C=O) groups excluding carboxylic acids is 2. The molecule has 5 aliphatic rings. The summed E-state index contributed by atoms with van der Waals surface area (Å²) in [6, 6.07) is 10.8. The molecule has 3 heterocycles. The van der Waals surface area contributed by atoms with Crippen LogP contribution < -0.4 is 9.64 Å². The van der Waals surface area contributed by atoms with E-state index in [-0.39, 0.29) is 40.4 Å². The first-order chi connectivity index (χ1) is 23.9. The molecule has 10 nitrogen and oxygen atoms in total. The van der Waals surface area contributed by atoms with Crippen LogP contribution in [0.15, 0.2) is 48.9 Å². The van der Waals surface area contributed by atoms with Crippen LogP contribution >= 0.6 is 0 Å². The molecular formula is C40H53N5O5. The molecule has 4 saturated carbocycles. The first-order valence-electron chi connectivity index (χ1n) is 18.5. The highest BCUT2D eigenvalue weighted by Gasteiger charge is 2.51. The van der Waals surface area contributed by atoms with Gasteiger partial charge in [0.2, 0.25) is 5.91 Å². The zero-order chi connectivity index (χ0) is 35.3. The number of hydrogen-bond donors (Lipinski definition) is 1. The Kier molecular flexibility index (Phi) is 9.20. The number of aromatic nitrogens is 3. The van der Waals surface area contributed by atoms with E-state index >= 15 is 0 Å². The Balaban J connectivity index is 1.10. The van der Waals surface area contributed by atoms with Gasteiger partial charge in [-0.1, -0.05) is 12.1 Å². The highest BCUT2D eigenvalue weighted by Crippen LogP contribution is 2.58. The summed E-state index contributed by atoms with van der Waals surface area (Å²) in [6.07, 6.45) is 14.0. The van der Waals surface area contributed by atoms with Crippen LogP contribution in [-0.2, 0) is 20.5 Å². The number of aryl methyl sites for hydroxylation is 1. The van der Waals surface area contributed by atoms with Gasteiger partial charge in [-0.3, -0.25) is 14.4 Å². The van der Waals surface area contributed by atoms with Gasteiger partial charge in [-0.05, 0) is 138 Å². The quantitative estimate of drug-likeness (QED) is 0.272. The molecule has 4 aliphatic carbocycles. The number of fused-ring (bicyclic) bond motifs is 3. The first-order valence-corrected chi connectivity index (χ1v) is 18.5. The van der Waals surface area contributed by atoms with Crippen LogP contribution in [0.3, 0.4) is 0 Å². The lowest BCUT2D eigenvalue weighted by molar-refractivity contribution is -0.124. The smallest absolute Gasteiger partial charge is 0.410 e. The van der Waals surface area contributed by atoms with Crippen molar-refractivity contribution in [3.05, 3.63) is 60.0 Å². The third kappa shape index (κ3) is 6.75. The summed E-state index contributed by atoms with van der Waals surface area (Å²) < 4.78 is 13.3. The van der Waals surface area contributed by atoms with E-state index in [2.05, 4.69) is 63.3 Å². The molecule has 1 aliphatic heterocycles. The molecule has 1 aromatic carbocycles. The topological polar surface area (TPSA) is 110 Å². The third-order valence-corrected chi connectivity index (χ3v) is 12.2. The van der Waals surface area contributed by atoms with E-state index in [0.717, 1.165) is 55.4 Å². The number of β-amino-alcohol motifs (C(OH)–C–C–N with tert-alkyl or cyclic N) is 1. The molecule has 0 spiro atoms. The Bertz CT molecular complexity index is 1690. The van der Waals surface area contributed by atoms with Crippen molar-refractivity contribution < 1.29 is 24.2 Å². The van der Waals surface area contributed by atoms with Gasteiger partial charge in [0.25, 0.3) is 0 Å². The number of benzene rings is 1. The van der Waals surface area contributed by atoms with E-state index in [1.807, 2.05) is 28.0 Å². The number of pyridine rings is 1. The molecule has 50 heavy (non-hydrogen) atoms. The van der Waals surface area contributed by atoms with Crippen molar-refractivity contribution in [1.82, 2.24) is 19.7 Å². The number of aliphatic hydroxyl groups is 1. The van der Waals surface area contributed by atoms with E-state index < -0.39 is 6.10 Å². The van der Waals surface area contributed by atoms with Gasteiger partial charge < -0.3 is 19.5 Å². The minimum atomic E-state index is -0.459. The highest BCUT2D eigenvalue weighted by atomic mass is 16.6. The van der Waals surface area contributed by atoms with Crippen molar-refractivity contribution >= 4 is 17.8 Å². The SMILES string of the molecule is COc1ccc(C23CCC(CN(c4cc(-c5cnn(C(C)(C)C)c5)ccn4)C(=O)[C@H]4CC[C@H](OC(=O)N5CC(O)C5)CC4)(CC2)CC3)cc1C. The summed E-state index contributed by atoms with van der Waals surface area (Å²) in [5.74, 6) is 1.60. The van der Waals surface area contributed by atoms with E-state index in [0.29, 0.717) is 51.1 Å². The van der Waals surface area contributed by atoms with Crippen molar-refractivity contribution in [1.29, 1.82) is 0 Å². The molecule has 1 N–H and O–H groups in total. The average molecular weight is 684 g/mol.